The Hall–Kier alpha value is 0.290. The summed E-state index contributed by atoms with van der Waals surface area (Å²) in [7, 11) is -4.36. The van der Waals surface area contributed by atoms with E-state index in [4.69, 9.17) is 14.5 Å². The monoisotopic (exact) mass is 274 g/mol. The average molecular weight is 275 g/mol. The number of hydrogen-bond acceptors (Lipinski definition) is 3. The third-order valence-electron chi connectivity index (χ3n) is 0.958. The molecule has 1 atom stereocenters. The highest BCUT2D eigenvalue weighted by atomic mass is 79.9. The van der Waals surface area contributed by atoms with E-state index in [1.165, 1.54) is 0 Å². The first-order valence-corrected chi connectivity index (χ1v) is 5.93. The minimum Gasteiger partial charge on any atom is -0.376 e. The van der Waals surface area contributed by atoms with E-state index in [0.29, 0.717) is 13.2 Å². The smallest absolute Gasteiger partial charge is 0.376 e. The van der Waals surface area contributed by atoms with Crippen LogP contribution in [-0.2, 0) is 13.8 Å². The molecular weight excluding hydrogens is 263 g/mol. The molecule has 0 radical (unpaired) electrons. The lowest BCUT2D eigenvalue weighted by Gasteiger charge is -2.10. The van der Waals surface area contributed by atoms with E-state index in [0.717, 1.165) is 0 Å². The first kappa shape index (κ1) is 13.3. The van der Waals surface area contributed by atoms with Gasteiger partial charge < -0.3 is 14.5 Å². The molecule has 78 valence electrons. The Morgan fingerprint density at radius 1 is 1.54 bits per heavy atom. The number of hydrogen-bond donors (Lipinski definition) is 2. The van der Waals surface area contributed by atoms with Crippen molar-refractivity contribution < 1.29 is 23.6 Å². The molecule has 0 aliphatic rings. The lowest BCUT2D eigenvalue weighted by Crippen LogP contribution is -2.14. The van der Waals surface area contributed by atoms with Crippen LogP contribution in [0.5, 0.6) is 0 Å². The Balaban J connectivity index is 3.45. The zero-order valence-electron chi connectivity index (χ0n) is 6.93. The highest BCUT2D eigenvalue weighted by Gasteiger charge is 2.16. The Morgan fingerprint density at radius 2 is 2.15 bits per heavy atom. The second-order valence-corrected chi connectivity index (χ2v) is 4.74. The molecule has 0 aromatic rings. The third kappa shape index (κ3) is 10.2. The molecule has 0 heterocycles. The maximum Gasteiger partial charge on any atom is 0.469 e. The summed E-state index contributed by atoms with van der Waals surface area (Å²) in [6, 6.07) is 0. The first-order chi connectivity index (χ1) is 5.95. The van der Waals surface area contributed by atoms with Crippen LogP contribution in [0.1, 0.15) is 0 Å². The van der Waals surface area contributed by atoms with Gasteiger partial charge in [0, 0.05) is 0 Å². The average Bonchev–Trinajstić information content (AvgIpc) is 2.00. The number of phosphoric acid groups is 1. The van der Waals surface area contributed by atoms with Gasteiger partial charge in [-0.3, -0.25) is 4.52 Å². The molecule has 0 saturated carbocycles. The lowest BCUT2D eigenvalue weighted by atomic mass is 10.5. The molecule has 5 nitrogen and oxygen atoms in total. The second kappa shape index (κ2) is 6.70. The van der Waals surface area contributed by atoms with Crippen molar-refractivity contribution >= 4 is 23.8 Å². The summed E-state index contributed by atoms with van der Waals surface area (Å²) >= 11 is 3.13. The van der Waals surface area contributed by atoms with Crippen LogP contribution in [0.4, 0.5) is 0 Å². The number of alkyl halides is 1. The van der Waals surface area contributed by atoms with Crippen LogP contribution < -0.4 is 0 Å². The van der Waals surface area contributed by atoms with Crippen LogP contribution in [0.25, 0.3) is 0 Å². The van der Waals surface area contributed by atoms with Crippen molar-refractivity contribution in [2.24, 2.45) is 0 Å². The highest BCUT2D eigenvalue weighted by molar-refractivity contribution is 9.09. The second-order valence-electron chi connectivity index (χ2n) is 2.21. The summed E-state index contributed by atoms with van der Waals surface area (Å²) in [5.74, 6) is 0. The van der Waals surface area contributed by atoms with E-state index in [-0.39, 0.29) is 11.4 Å². The largest absolute Gasteiger partial charge is 0.469 e. The van der Waals surface area contributed by atoms with Gasteiger partial charge in [0.25, 0.3) is 0 Å². The standard InChI is InChI=1S/C6H12BrO5P/c1-2-3-11-4-6(7)5-12-13(8,9)10/h2,6H,1,3-5H2,(H2,8,9,10). The summed E-state index contributed by atoms with van der Waals surface area (Å²) in [5, 5.41) is 0. The van der Waals surface area contributed by atoms with E-state index < -0.39 is 7.82 Å². The van der Waals surface area contributed by atoms with Gasteiger partial charge in [0.1, 0.15) is 0 Å². The van der Waals surface area contributed by atoms with Crippen LogP contribution in [0.3, 0.4) is 0 Å². The first-order valence-electron chi connectivity index (χ1n) is 3.48. The molecule has 0 aliphatic heterocycles. The fourth-order valence-corrected chi connectivity index (χ4v) is 1.40. The molecule has 0 aliphatic carbocycles. The maximum absolute atomic E-state index is 10.3. The minimum absolute atomic E-state index is 0.0958. The van der Waals surface area contributed by atoms with Gasteiger partial charge in [0.2, 0.25) is 0 Å². The number of ether oxygens (including phenoxy) is 1. The lowest BCUT2D eigenvalue weighted by molar-refractivity contribution is 0.137. The van der Waals surface area contributed by atoms with E-state index in [1.54, 1.807) is 6.08 Å². The number of halogens is 1. The molecule has 1 unspecified atom stereocenters. The van der Waals surface area contributed by atoms with Crippen LogP contribution >= 0.6 is 23.8 Å². The van der Waals surface area contributed by atoms with Crippen molar-refractivity contribution in [3.63, 3.8) is 0 Å². The molecule has 7 heteroatoms. The molecule has 0 aromatic heterocycles. The molecule has 0 spiro atoms. The van der Waals surface area contributed by atoms with Crippen LogP contribution in [0, 0.1) is 0 Å². The Morgan fingerprint density at radius 3 is 2.62 bits per heavy atom. The molecule has 0 bridgehead atoms. The summed E-state index contributed by atoms with van der Waals surface area (Å²) in [5.41, 5.74) is 0. The molecule has 13 heavy (non-hydrogen) atoms. The van der Waals surface area contributed by atoms with Gasteiger partial charge in [0.15, 0.2) is 0 Å². The predicted molar refractivity (Wildman–Crippen MR) is 51.7 cm³/mol. The third-order valence-corrected chi connectivity index (χ3v) is 1.97. The molecule has 0 amide bonds. The number of phosphoric ester groups is 1. The zero-order valence-corrected chi connectivity index (χ0v) is 9.41. The van der Waals surface area contributed by atoms with Crippen LogP contribution in [0.2, 0.25) is 0 Å². The molecule has 0 rings (SSSR count). The van der Waals surface area contributed by atoms with Crippen molar-refractivity contribution in [3.8, 4) is 0 Å². The van der Waals surface area contributed by atoms with Crippen LogP contribution in [-0.4, -0.2) is 34.4 Å². The quantitative estimate of drug-likeness (QED) is 0.314. The Labute approximate surface area is 85.1 Å². The normalized spacial score (nSPS) is 14.1. The van der Waals surface area contributed by atoms with Gasteiger partial charge >= 0.3 is 7.82 Å². The van der Waals surface area contributed by atoms with E-state index >= 15 is 0 Å². The summed E-state index contributed by atoms with van der Waals surface area (Å²) in [6.07, 6.45) is 1.59. The van der Waals surface area contributed by atoms with Gasteiger partial charge in [-0.15, -0.1) is 6.58 Å². The van der Waals surface area contributed by atoms with Crippen molar-refractivity contribution in [2.45, 2.75) is 4.83 Å². The molecule has 2 N–H and O–H groups in total. The fraction of sp³-hybridized carbons (Fsp3) is 0.667. The van der Waals surface area contributed by atoms with Gasteiger partial charge in [0.05, 0.1) is 24.6 Å². The van der Waals surface area contributed by atoms with Gasteiger partial charge in [-0.1, -0.05) is 22.0 Å². The van der Waals surface area contributed by atoms with E-state index in [1.807, 2.05) is 0 Å². The van der Waals surface area contributed by atoms with Crippen molar-refractivity contribution in [3.05, 3.63) is 12.7 Å². The SMILES string of the molecule is C=CCOCC(Br)COP(=O)(O)O. The topological polar surface area (TPSA) is 76.0 Å². The van der Waals surface area contributed by atoms with Crippen molar-refractivity contribution in [1.82, 2.24) is 0 Å². The Bertz CT molecular complexity index is 191. The summed E-state index contributed by atoms with van der Waals surface area (Å²) in [6.45, 7) is 4.06. The predicted octanol–water partition coefficient (Wildman–Crippen LogP) is 1.06. The summed E-state index contributed by atoms with van der Waals surface area (Å²) < 4.78 is 19.5. The number of rotatable bonds is 7. The Kier molecular flexibility index (Phi) is 6.85. The van der Waals surface area contributed by atoms with Gasteiger partial charge in [-0.2, -0.15) is 0 Å². The van der Waals surface area contributed by atoms with Gasteiger partial charge in [-0.05, 0) is 0 Å². The van der Waals surface area contributed by atoms with E-state index in [9.17, 15) is 4.57 Å². The summed E-state index contributed by atoms with van der Waals surface area (Å²) in [4.78, 5) is 16.5. The highest BCUT2D eigenvalue weighted by Crippen LogP contribution is 2.36. The fourth-order valence-electron chi connectivity index (χ4n) is 0.505. The molecule has 0 saturated heterocycles. The van der Waals surface area contributed by atoms with Gasteiger partial charge in [-0.25, -0.2) is 4.57 Å². The maximum atomic E-state index is 10.3. The van der Waals surface area contributed by atoms with Crippen molar-refractivity contribution in [1.29, 1.82) is 0 Å². The molecule has 0 fully saturated rings. The minimum atomic E-state index is -4.36. The molecule has 0 aromatic carbocycles. The van der Waals surface area contributed by atoms with Crippen molar-refractivity contribution in [2.75, 3.05) is 19.8 Å². The zero-order chi connectivity index (χ0) is 10.3. The van der Waals surface area contributed by atoms with E-state index in [2.05, 4.69) is 27.0 Å². The van der Waals surface area contributed by atoms with Crippen LogP contribution in [0.15, 0.2) is 12.7 Å². The molecular formula is C6H12BrO5P.